The molecule has 2 aromatic heterocycles. The summed E-state index contributed by atoms with van der Waals surface area (Å²) in [6.45, 7) is 5.54. The normalized spacial score (nSPS) is 10.1. The quantitative estimate of drug-likeness (QED) is 0.843. The molecule has 5 nitrogen and oxygen atoms in total. The van der Waals surface area contributed by atoms with Crippen molar-refractivity contribution in [3.05, 3.63) is 42.0 Å². The van der Waals surface area contributed by atoms with E-state index in [2.05, 4.69) is 25.6 Å². The van der Waals surface area contributed by atoms with E-state index in [0.29, 0.717) is 6.54 Å². The van der Waals surface area contributed by atoms with E-state index < -0.39 is 0 Å². The zero-order valence-corrected chi connectivity index (χ0v) is 10.6. The molecule has 2 rings (SSSR count). The summed E-state index contributed by atoms with van der Waals surface area (Å²) in [6.07, 6.45) is 3.35. The van der Waals surface area contributed by atoms with Gasteiger partial charge >= 0.3 is 0 Å². The van der Waals surface area contributed by atoms with E-state index in [1.54, 1.807) is 12.5 Å². The number of anilines is 2. The average molecular weight is 243 g/mol. The molecule has 0 fully saturated rings. The number of aromatic nitrogens is 3. The van der Waals surface area contributed by atoms with Crippen LogP contribution in [0.5, 0.6) is 0 Å². The highest BCUT2D eigenvalue weighted by Gasteiger charge is 2.05. The number of hydrogen-bond donors (Lipinski definition) is 2. The van der Waals surface area contributed by atoms with Gasteiger partial charge in [0.2, 0.25) is 0 Å². The zero-order valence-electron chi connectivity index (χ0n) is 10.6. The fourth-order valence-electron chi connectivity index (χ4n) is 1.65. The molecule has 94 valence electrons. The van der Waals surface area contributed by atoms with E-state index in [1.807, 2.05) is 32.0 Å². The highest BCUT2D eigenvalue weighted by Crippen LogP contribution is 2.18. The van der Waals surface area contributed by atoms with Crippen LogP contribution in [0.2, 0.25) is 0 Å². The molecule has 0 radical (unpaired) electrons. The van der Waals surface area contributed by atoms with Crippen LogP contribution in [0.3, 0.4) is 0 Å². The van der Waals surface area contributed by atoms with E-state index >= 15 is 0 Å². The Morgan fingerprint density at radius 3 is 2.50 bits per heavy atom. The summed E-state index contributed by atoms with van der Waals surface area (Å²) in [4.78, 5) is 12.7. The Hall–Kier alpha value is -2.17. The van der Waals surface area contributed by atoms with Crippen molar-refractivity contribution < 1.29 is 0 Å². The number of hydrogen-bond acceptors (Lipinski definition) is 5. The first kappa shape index (κ1) is 12.3. The standard InChI is InChI=1S/C13H17N5/c1-3-14-12-10(2)13(18-9-17-12)16-8-11-6-4-5-7-15-11/h4-7,9H,3,8H2,1-2H3,(H2,14,16,17,18). The van der Waals surface area contributed by atoms with Gasteiger partial charge in [-0.25, -0.2) is 9.97 Å². The molecule has 18 heavy (non-hydrogen) atoms. The van der Waals surface area contributed by atoms with Gasteiger partial charge in [0.1, 0.15) is 18.0 Å². The third-order valence-electron chi connectivity index (χ3n) is 2.59. The maximum Gasteiger partial charge on any atom is 0.134 e. The van der Waals surface area contributed by atoms with Crippen LogP contribution in [0.25, 0.3) is 0 Å². The lowest BCUT2D eigenvalue weighted by molar-refractivity contribution is 1.00. The Balaban J connectivity index is 2.08. The molecular formula is C13H17N5. The molecule has 2 heterocycles. The van der Waals surface area contributed by atoms with E-state index in [0.717, 1.165) is 29.4 Å². The molecule has 0 aliphatic carbocycles. The van der Waals surface area contributed by atoms with Crippen LogP contribution < -0.4 is 10.6 Å². The average Bonchev–Trinajstić information content (AvgIpc) is 2.41. The second-order valence-corrected chi connectivity index (χ2v) is 3.90. The SMILES string of the molecule is CCNc1ncnc(NCc2ccccn2)c1C. The minimum atomic E-state index is 0.657. The van der Waals surface area contributed by atoms with E-state index in [1.165, 1.54) is 0 Å². The Morgan fingerprint density at radius 1 is 1.06 bits per heavy atom. The van der Waals surface area contributed by atoms with Crippen molar-refractivity contribution in [2.75, 3.05) is 17.2 Å². The lowest BCUT2D eigenvalue weighted by Gasteiger charge is -2.11. The third kappa shape index (κ3) is 2.94. The molecule has 2 aromatic rings. The Labute approximate surface area is 107 Å². The molecule has 0 bridgehead atoms. The Bertz CT molecular complexity index is 498. The van der Waals surface area contributed by atoms with Gasteiger partial charge in [-0.3, -0.25) is 4.98 Å². The van der Waals surface area contributed by atoms with Crippen molar-refractivity contribution in [1.29, 1.82) is 0 Å². The summed E-state index contributed by atoms with van der Waals surface area (Å²) in [6, 6.07) is 5.86. The molecule has 0 spiro atoms. The Morgan fingerprint density at radius 2 is 1.83 bits per heavy atom. The molecule has 0 saturated carbocycles. The minimum absolute atomic E-state index is 0.657. The summed E-state index contributed by atoms with van der Waals surface area (Å²) < 4.78 is 0. The lowest BCUT2D eigenvalue weighted by atomic mass is 10.3. The van der Waals surface area contributed by atoms with Gasteiger partial charge in [0.15, 0.2) is 0 Å². The zero-order chi connectivity index (χ0) is 12.8. The van der Waals surface area contributed by atoms with Crippen LogP contribution >= 0.6 is 0 Å². The predicted molar refractivity (Wildman–Crippen MR) is 72.5 cm³/mol. The fraction of sp³-hybridized carbons (Fsp3) is 0.308. The van der Waals surface area contributed by atoms with Gasteiger partial charge in [-0.15, -0.1) is 0 Å². The molecular weight excluding hydrogens is 226 g/mol. The summed E-state index contributed by atoms with van der Waals surface area (Å²) in [5.74, 6) is 1.71. The van der Waals surface area contributed by atoms with E-state index in [-0.39, 0.29) is 0 Å². The molecule has 0 saturated heterocycles. The van der Waals surface area contributed by atoms with Crippen LogP contribution in [0.1, 0.15) is 18.2 Å². The van der Waals surface area contributed by atoms with Crippen LogP contribution in [0.4, 0.5) is 11.6 Å². The second kappa shape index (κ2) is 5.95. The van der Waals surface area contributed by atoms with Crippen molar-refractivity contribution >= 4 is 11.6 Å². The van der Waals surface area contributed by atoms with Gasteiger partial charge in [-0.2, -0.15) is 0 Å². The number of nitrogens with one attached hydrogen (secondary N) is 2. The number of nitrogens with zero attached hydrogens (tertiary/aromatic N) is 3. The smallest absolute Gasteiger partial charge is 0.134 e. The van der Waals surface area contributed by atoms with Gasteiger partial charge < -0.3 is 10.6 Å². The predicted octanol–water partition coefficient (Wildman–Crippen LogP) is 2.22. The van der Waals surface area contributed by atoms with Gasteiger partial charge in [-0.1, -0.05) is 6.07 Å². The van der Waals surface area contributed by atoms with Gasteiger partial charge in [0.25, 0.3) is 0 Å². The van der Waals surface area contributed by atoms with Gasteiger partial charge in [-0.05, 0) is 26.0 Å². The molecule has 0 aromatic carbocycles. The second-order valence-electron chi connectivity index (χ2n) is 3.90. The first-order valence-electron chi connectivity index (χ1n) is 6.00. The molecule has 0 unspecified atom stereocenters. The van der Waals surface area contributed by atoms with Crippen molar-refractivity contribution in [3.63, 3.8) is 0 Å². The van der Waals surface area contributed by atoms with Crippen molar-refractivity contribution in [2.24, 2.45) is 0 Å². The largest absolute Gasteiger partial charge is 0.370 e. The maximum atomic E-state index is 4.26. The first-order chi connectivity index (χ1) is 8.81. The van der Waals surface area contributed by atoms with Crippen LogP contribution in [0.15, 0.2) is 30.7 Å². The highest BCUT2D eigenvalue weighted by molar-refractivity contribution is 5.56. The van der Waals surface area contributed by atoms with Crippen molar-refractivity contribution in [1.82, 2.24) is 15.0 Å². The van der Waals surface area contributed by atoms with E-state index in [4.69, 9.17) is 0 Å². The summed E-state index contributed by atoms with van der Waals surface area (Å²) in [7, 11) is 0. The molecule has 5 heteroatoms. The highest BCUT2D eigenvalue weighted by atomic mass is 15.1. The topological polar surface area (TPSA) is 62.7 Å². The monoisotopic (exact) mass is 243 g/mol. The molecule has 0 aliphatic rings. The van der Waals surface area contributed by atoms with Crippen LogP contribution in [0, 0.1) is 6.92 Å². The summed E-state index contributed by atoms with van der Waals surface area (Å²) in [5.41, 5.74) is 2.01. The van der Waals surface area contributed by atoms with Gasteiger partial charge in [0, 0.05) is 18.3 Å². The molecule has 0 aliphatic heterocycles. The summed E-state index contributed by atoms with van der Waals surface area (Å²) >= 11 is 0. The molecule has 0 amide bonds. The molecule has 2 N–H and O–H groups in total. The first-order valence-corrected chi connectivity index (χ1v) is 6.00. The number of rotatable bonds is 5. The lowest BCUT2D eigenvalue weighted by Crippen LogP contribution is -2.08. The maximum absolute atomic E-state index is 4.26. The molecule has 0 atom stereocenters. The van der Waals surface area contributed by atoms with E-state index in [9.17, 15) is 0 Å². The fourth-order valence-corrected chi connectivity index (χ4v) is 1.65. The van der Waals surface area contributed by atoms with Crippen molar-refractivity contribution in [2.45, 2.75) is 20.4 Å². The van der Waals surface area contributed by atoms with Crippen molar-refractivity contribution in [3.8, 4) is 0 Å². The third-order valence-corrected chi connectivity index (χ3v) is 2.59. The van der Waals surface area contributed by atoms with Crippen LogP contribution in [-0.4, -0.2) is 21.5 Å². The Kier molecular flexibility index (Phi) is 4.06. The minimum Gasteiger partial charge on any atom is -0.370 e. The van der Waals surface area contributed by atoms with Crippen LogP contribution in [-0.2, 0) is 6.54 Å². The van der Waals surface area contributed by atoms with Gasteiger partial charge in [0.05, 0.1) is 12.2 Å². The number of pyridine rings is 1. The summed E-state index contributed by atoms with van der Waals surface area (Å²) in [5, 5.41) is 6.48.